The summed E-state index contributed by atoms with van der Waals surface area (Å²) in [6.45, 7) is 7.21. The Morgan fingerprint density at radius 1 is 1.36 bits per heavy atom. The van der Waals surface area contributed by atoms with Crippen molar-refractivity contribution in [2.45, 2.75) is 39.3 Å². The monoisotopic (exact) mass is 348 g/mol. The molecule has 9 nitrogen and oxygen atoms in total. The summed E-state index contributed by atoms with van der Waals surface area (Å²) in [5.41, 5.74) is -0.583. The standard InChI is InChI=1S/C16H24N6O3/c1-11(18-15(23)25-16(2,3)4)13-19-14(21(5)24-6)20-22(13)12-9-7-8-10-17-12/h7-11H,1-6H3,(H,18,23)/t11-/m0/s1. The van der Waals surface area contributed by atoms with Crippen LogP contribution >= 0.6 is 0 Å². The third-order valence-electron chi connectivity index (χ3n) is 3.16. The van der Waals surface area contributed by atoms with Crippen molar-refractivity contribution in [3.05, 3.63) is 30.2 Å². The van der Waals surface area contributed by atoms with Gasteiger partial charge in [-0.1, -0.05) is 6.07 Å². The fraction of sp³-hybridized carbons (Fsp3) is 0.500. The zero-order valence-electron chi connectivity index (χ0n) is 15.3. The van der Waals surface area contributed by atoms with Crippen molar-refractivity contribution in [1.29, 1.82) is 0 Å². The minimum Gasteiger partial charge on any atom is -0.444 e. The fourth-order valence-corrected chi connectivity index (χ4v) is 2.00. The Morgan fingerprint density at radius 3 is 2.64 bits per heavy atom. The lowest BCUT2D eigenvalue weighted by Gasteiger charge is -2.21. The van der Waals surface area contributed by atoms with E-state index in [2.05, 4.69) is 20.4 Å². The second-order valence-electron chi connectivity index (χ2n) is 6.42. The van der Waals surface area contributed by atoms with Gasteiger partial charge in [-0.25, -0.2) is 14.8 Å². The van der Waals surface area contributed by atoms with Crippen LogP contribution in [0.15, 0.2) is 24.4 Å². The lowest BCUT2D eigenvalue weighted by atomic mass is 10.2. The van der Waals surface area contributed by atoms with E-state index in [4.69, 9.17) is 9.57 Å². The van der Waals surface area contributed by atoms with Crippen molar-refractivity contribution in [3.8, 4) is 5.82 Å². The highest BCUT2D eigenvalue weighted by Gasteiger charge is 2.24. The third-order valence-corrected chi connectivity index (χ3v) is 3.16. The number of anilines is 1. The zero-order valence-corrected chi connectivity index (χ0v) is 15.3. The van der Waals surface area contributed by atoms with Gasteiger partial charge in [0.2, 0.25) is 0 Å². The van der Waals surface area contributed by atoms with Gasteiger partial charge in [0.1, 0.15) is 5.60 Å². The molecule has 2 heterocycles. The van der Waals surface area contributed by atoms with Crippen LogP contribution in [0.25, 0.3) is 5.82 Å². The largest absolute Gasteiger partial charge is 0.444 e. The van der Waals surface area contributed by atoms with Gasteiger partial charge < -0.3 is 10.1 Å². The molecular formula is C16H24N6O3. The van der Waals surface area contributed by atoms with Gasteiger partial charge in [0, 0.05) is 13.2 Å². The molecule has 0 aromatic carbocycles. The highest BCUT2D eigenvalue weighted by molar-refractivity contribution is 5.68. The summed E-state index contributed by atoms with van der Waals surface area (Å²) < 4.78 is 6.86. The lowest BCUT2D eigenvalue weighted by molar-refractivity contribution is 0.0505. The van der Waals surface area contributed by atoms with E-state index in [9.17, 15) is 4.79 Å². The average molecular weight is 348 g/mol. The zero-order chi connectivity index (χ0) is 18.6. The number of carbonyl (C=O) groups is 1. The first-order valence-electron chi connectivity index (χ1n) is 7.87. The molecule has 1 amide bonds. The molecule has 136 valence electrons. The summed E-state index contributed by atoms with van der Waals surface area (Å²) in [5, 5.41) is 8.59. The first-order chi connectivity index (χ1) is 11.7. The van der Waals surface area contributed by atoms with E-state index in [1.807, 2.05) is 12.1 Å². The summed E-state index contributed by atoms with van der Waals surface area (Å²) in [5.74, 6) is 1.43. The smallest absolute Gasteiger partial charge is 0.408 e. The quantitative estimate of drug-likeness (QED) is 0.828. The number of carbonyl (C=O) groups excluding carboxylic acids is 1. The molecule has 2 aromatic heterocycles. The van der Waals surface area contributed by atoms with Gasteiger partial charge >= 0.3 is 6.09 Å². The van der Waals surface area contributed by atoms with Crippen LogP contribution in [0.5, 0.6) is 0 Å². The van der Waals surface area contributed by atoms with Crippen molar-refractivity contribution in [3.63, 3.8) is 0 Å². The maximum absolute atomic E-state index is 12.0. The first kappa shape index (κ1) is 18.7. The van der Waals surface area contributed by atoms with Gasteiger partial charge in [0.15, 0.2) is 11.6 Å². The van der Waals surface area contributed by atoms with Gasteiger partial charge in [-0.05, 0) is 39.8 Å². The van der Waals surface area contributed by atoms with Crippen molar-refractivity contribution < 1.29 is 14.4 Å². The molecule has 0 unspecified atom stereocenters. The molecule has 0 fully saturated rings. The molecule has 0 saturated carbocycles. The molecule has 0 aliphatic rings. The van der Waals surface area contributed by atoms with Crippen molar-refractivity contribution >= 4 is 12.0 Å². The normalized spacial score (nSPS) is 12.6. The third kappa shape index (κ3) is 4.90. The Morgan fingerprint density at radius 2 is 2.08 bits per heavy atom. The number of pyridine rings is 1. The number of hydrogen-bond acceptors (Lipinski definition) is 7. The van der Waals surface area contributed by atoms with Crippen molar-refractivity contribution in [1.82, 2.24) is 25.1 Å². The van der Waals surface area contributed by atoms with Crippen LogP contribution in [0.1, 0.15) is 39.6 Å². The lowest BCUT2D eigenvalue weighted by Crippen LogP contribution is -2.35. The Hall–Kier alpha value is -2.68. The van der Waals surface area contributed by atoms with E-state index >= 15 is 0 Å². The molecule has 0 bridgehead atoms. The number of hydroxylamine groups is 1. The van der Waals surface area contributed by atoms with Crippen molar-refractivity contribution in [2.75, 3.05) is 19.2 Å². The number of aromatic nitrogens is 4. The maximum Gasteiger partial charge on any atom is 0.408 e. The topological polar surface area (TPSA) is 94.4 Å². The minimum absolute atomic E-state index is 0.348. The Bertz CT molecular complexity index is 710. The van der Waals surface area contributed by atoms with Gasteiger partial charge in [-0.15, -0.1) is 5.10 Å². The molecule has 9 heteroatoms. The van der Waals surface area contributed by atoms with Crippen LogP contribution in [0.4, 0.5) is 10.7 Å². The molecule has 0 radical (unpaired) electrons. The van der Waals surface area contributed by atoms with E-state index < -0.39 is 17.7 Å². The Kier molecular flexibility index (Phi) is 5.58. The van der Waals surface area contributed by atoms with Crippen LogP contribution in [-0.2, 0) is 9.57 Å². The van der Waals surface area contributed by atoms with E-state index in [1.54, 1.807) is 51.7 Å². The Balaban J connectivity index is 2.31. The molecule has 1 atom stereocenters. The number of nitrogens with zero attached hydrogens (tertiary/aromatic N) is 5. The molecule has 0 spiro atoms. The molecule has 0 saturated heterocycles. The van der Waals surface area contributed by atoms with Crippen LogP contribution in [0.3, 0.4) is 0 Å². The van der Waals surface area contributed by atoms with Crippen molar-refractivity contribution in [2.24, 2.45) is 0 Å². The molecule has 0 aliphatic carbocycles. The number of rotatable bonds is 5. The van der Waals surface area contributed by atoms with E-state index in [0.717, 1.165) is 0 Å². The maximum atomic E-state index is 12.0. The van der Waals surface area contributed by atoms with E-state index in [0.29, 0.717) is 17.6 Å². The van der Waals surface area contributed by atoms with Crippen LogP contribution < -0.4 is 10.4 Å². The van der Waals surface area contributed by atoms with E-state index in [-0.39, 0.29) is 0 Å². The fourth-order valence-electron chi connectivity index (χ4n) is 2.00. The SMILES string of the molecule is CON(C)c1nc([C@H](C)NC(=O)OC(C)(C)C)n(-c2ccccn2)n1. The molecule has 2 aromatic rings. The highest BCUT2D eigenvalue weighted by atomic mass is 16.7. The summed E-state index contributed by atoms with van der Waals surface area (Å²) in [7, 11) is 3.21. The number of amides is 1. The predicted octanol–water partition coefficient (Wildman–Crippen LogP) is 2.25. The number of hydrogen-bond donors (Lipinski definition) is 1. The summed E-state index contributed by atoms with van der Waals surface area (Å²) in [4.78, 5) is 25.9. The van der Waals surface area contributed by atoms with Crippen LogP contribution in [-0.4, -0.2) is 45.6 Å². The van der Waals surface area contributed by atoms with Gasteiger partial charge in [0.05, 0.1) is 13.2 Å². The van der Waals surface area contributed by atoms with Crippen LogP contribution in [0, 0.1) is 0 Å². The van der Waals surface area contributed by atoms with Gasteiger partial charge in [-0.3, -0.25) is 4.84 Å². The number of nitrogens with one attached hydrogen (secondary N) is 1. The number of ether oxygens (including phenoxy) is 1. The molecular weight excluding hydrogens is 324 g/mol. The summed E-state index contributed by atoms with van der Waals surface area (Å²) in [6.07, 6.45) is 1.13. The highest BCUT2D eigenvalue weighted by Crippen LogP contribution is 2.19. The average Bonchev–Trinajstić information content (AvgIpc) is 2.98. The summed E-state index contributed by atoms with van der Waals surface area (Å²) in [6, 6.07) is 5.00. The number of alkyl carbamates (subject to hydrolysis) is 1. The minimum atomic E-state index is -0.583. The van der Waals surface area contributed by atoms with E-state index in [1.165, 1.54) is 12.2 Å². The Labute approximate surface area is 146 Å². The second kappa shape index (κ2) is 7.47. The predicted molar refractivity (Wildman–Crippen MR) is 92.4 cm³/mol. The van der Waals surface area contributed by atoms with Gasteiger partial charge in [-0.2, -0.15) is 9.67 Å². The van der Waals surface area contributed by atoms with Crippen LogP contribution in [0.2, 0.25) is 0 Å². The first-order valence-corrected chi connectivity index (χ1v) is 7.87. The molecule has 25 heavy (non-hydrogen) atoms. The molecule has 1 N–H and O–H groups in total. The second-order valence-corrected chi connectivity index (χ2v) is 6.42. The molecule has 0 aliphatic heterocycles. The van der Waals surface area contributed by atoms with Gasteiger partial charge in [0.25, 0.3) is 5.95 Å². The molecule has 2 rings (SSSR count). The summed E-state index contributed by atoms with van der Waals surface area (Å²) >= 11 is 0.